The van der Waals surface area contributed by atoms with E-state index in [1.54, 1.807) is 0 Å². The highest BCUT2D eigenvalue weighted by molar-refractivity contribution is 5.87. The number of rotatable bonds is 4. The van der Waals surface area contributed by atoms with Crippen LogP contribution in [-0.4, -0.2) is 0 Å². The molecule has 3 nitrogen and oxygen atoms in total. The number of anilines is 3. The quantitative estimate of drug-likeness (QED) is 0.182. The maximum absolute atomic E-state index is 6.97. The highest BCUT2D eigenvalue weighted by Crippen LogP contribution is 2.62. The third kappa shape index (κ3) is 4.56. The van der Waals surface area contributed by atoms with Gasteiger partial charge in [0.1, 0.15) is 23.0 Å². The highest BCUT2D eigenvalue weighted by atomic mass is 16.5. The SMILES string of the molecule is CC1(C)c2ccccc2-c2ccc(N(c3cccc(-c4ccccc4)c3)c3ccc4c(c3)Oc3ccccc3C43c4ccccc4Oc4ccccc43)cc21. The molecule has 1 aliphatic carbocycles. The molecular formula is C52H37NO2. The van der Waals surface area contributed by atoms with E-state index in [1.165, 1.54) is 27.8 Å². The van der Waals surface area contributed by atoms with E-state index < -0.39 is 5.41 Å². The summed E-state index contributed by atoms with van der Waals surface area (Å²) in [4.78, 5) is 2.38. The van der Waals surface area contributed by atoms with E-state index in [4.69, 9.17) is 9.47 Å². The number of para-hydroxylation sites is 3. The van der Waals surface area contributed by atoms with Gasteiger partial charge in [-0.2, -0.15) is 0 Å². The van der Waals surface area contributed by atoms with Gasteiger partial charge in [-0.1, -0.05) is 147 Å². The standard InChI is InChI=1S/C52H37NO2/c1-51(2)41-20-7-6-19-39(41)40-29-27-37(32-46(40)51)53(36-18-14-17-35(31-36)34-15-4-3-5-16-34)38-28-30-45-50(33-38)55-49-26-13-10-23-44(49)52(45)42-21-8-11-24-47(42)54-48-25-12-9-22-43(48)52/h3-33H,1-2H3. The van der Waals surface area contributed by atoms with E-state index in [0.29, 0.717) is 0 Å². The monoisotopic (exact) mass is 707 g/mol. The molecule has 8 aromatic rings. The zero-order valence-electron chi connectivity index (χ0n) is 30.7. The zero-order valence-corrected chi connectivity index (χ0v) is 30.7. The van der Waals surface area contributed by atoms with Crippen LogP contribution in [0.15, 0.2) is 188 Å². The second-order valence-corrected chi connectivity index (χ2v) is 15.3. The van der Waals surface area contributed by atoms with E-state index in [0.717, 1.165) is 67.9 Å². The van der Waals surface area contributed by atoms with Crippen molar-refractivity contribution in [3.63, 3.8) is 0 Å². The van der Waals surface area contributed by atoms with Gasteiger partial charge in [0, 0.05) is 50.8 Å². The minimum Gasteiger partial charge on any atom is -0.457 e. The summed E-state index contributed by atoms with van der Waals surface area (Å²) in [5.41, 5.74) is 14.4. The lowest BCUT2D eigenvalue weighted by Crippen LogP contribution is -2.36. The van der Waals surface area contributed by atoms with Crippen molar-refractivity contribution in [1.82, 2.24) is 0 Å². The van der Waals surface area contributed by atoms with E-state index in [9.17, 15) is 0 Å². The van der Waals surface area contributed by atoms with Gasteiger partial charge in [0.25, 0.3) is 0 Å². The summed E-state index contributed by atoms with van der Waals surface area (Å²) in [5.74, 6) is 3.37. The van der Waals surface area contributed by atoms with Gasteiger partial charge in [-0.05, 0) is 81.9 Å². The Morgan fingerprint density at radius 1 is 0.345 bits per heavy atom. The lowest BCUT2D eigenvalue weighted by atomic mass is 9.62. The van der Waals surface area contributed by atoms with Gasteiger partial charge in [0.15, 0.2) is 0 Å². The van der Waals surface area contributed by atoms with Gasteiger partial charge in [0.05, 0.1) is 5.41 Å². The predicted molar refractivity (Wildman–Crippen MR) is 223 cm³/mol. The molecule has 2 heterocycles. The summed E-state index contributed by atoms with van der Waals surface area (Å²) in [7, 11) is 0. The molecule has 0 saturated carbocycles. The summed E-state index contributed by atoms with van der Waals surface area (Å²) in [5, 5.41) is 0. The number of nitrogens with zero attached hydrogens (tertiary/aromatic N) is 1. The molecule has 8 aromatic carbocycles. The first-order valence-corrected chi connectivity index (χ1v) is 19.0. The lowest BCUT2D eigenvalue weighted by molar-refractivity contribution is 0.399. The van der Waals surface area contributed by atoms with Crippen LogP contribution in [0.4, 0.5) is 17.1 Å². The van der Waals surface area contributed by atoms with Crippen molar-refractivity contribution in [2.75, 3.05) is 4.90 Å². The van der Waals surface area contributed by atoms with E-state index in [2.05, 4.69) is 195 Å². The number of hydrogen-bond acceptors (Lipinski definition) is 3. The Hall–Kier alpha value is -6.84. The van der Waals surface area contributed by atoms with Crippen LogP contribution in [0, 0.1) is 0 Å². The maximum Gasteiger partial charge on any atom is 0.134 e. The topological polar surface area (TPSA) is 21.7 Å². The molecule has 0 atom stereocenters. The molecule has 55 heavy (non-hydrogen) atoms. The van der Waals surface area contributed by atoms with Crippen LogP contribution in [0.25, 0.3) is 22.3 Å². The molecule has 0 fully saturated rings. The summed E-state index contributed by atoms with van der Waals surface area (Å²) in [6.45, 7) is 4.68. The molecule has 1 spiro atoms. The van der Waals surface area contributed by atoms with Crippen molar-refractivity contribution in [3.8, 4) is 45.3 Å². The first kappa shape index (κ1) is 31.7. The summed E-state index contributed by atoms with van der Waals surface area (Å²) >= 11 is 0. The molecule has 0 bridgehead atoms. The van der Waals surface area contributed by atoms with Crippen LogP contribution in [0.2, 0.25) is 0 Å². The Kier molecular flexibility index (Phi) is 6.81. The van der Waals surface area contributed by atoms with Crippen molar-refractivity contribution in [1.29, 1.82) is 0 Å². The van der Waals surface area contributed by atoms with Crippen LogP contribution in [-0.2, 0) is 10.8 Å². The van der Waals surface area contributed by atoms with Crippen molar-refractivity contribution in [3.05, 3.63) is 221 Å². The van der Waals surface area contributed by atoms with Gasteiger partial charge in [-0.3, -0.25) is 0 Å². The molecule has 262 valence electrons. The molecule has 0 radical (unpaired) electrons. The van der Waals surface area contributed by atoms with E-state index in [-0.39, 0.29) is 5.41 Å². The summed E-state index contributed by atoms with van der Waals surface area (Å²) in [6, 6.07) is 67.4. The van der Waals surface area contributed by atoms with Gasteiger partial charge >= 0.3 is 0 Å². The predicted octanol–water partition coefficient (Wildman–Crippen LogP) is 13.7. The lowest BCUT2D eigenvalue weighted by Gasteiger charge is -2.45. The number of fused-ring (bicyclic) bond motifs is 11. The first-order valence-electron chi connectivity index (χ1n) is 19.0. The Bertz CT molecular complexity index is 2750. The van der Waals surface area contributed by atoms with Crippen LogP contribution in [0.5, 0.6) is 23.0 Å². The van der Waals surface area contributed by atoms with E-state index in [1.807, 2.05) is 12.1 Å². The molecule has 3 heteroatoms. The Labute approximate surface area is 321 Å². The number of hydrogen-bond donors (Lipinski definition) is 0. The normalized spacial score (nSPS) is 14.6. The molecule has 0 amide bonds. The minimum absolute atomic E-state index is 0.140. The second kappa shape index (κ2) is 11.8. The molecule has 0 N–H and O–H groups in total. The molecular weight excluding hydrogens is 671 g/mol. The third-order valence-electron chi connectivity index (χ3n) is 12.0. The fourth-order valence-electron chi connectivity index (χ4n) is 9.48. The fourth-order valence-corrected chi connectivity index (χ4v) is 9.48. The highest BCUT2D eigenvalue weighted by Gasteiger charge is 2.50. The fraction of sp³-hybridized carbons (Fsp3) is 0.0769. The largest absolute Gasteiger partial charge is 0.457 e. The number of benzene rings is 8. The third-order valence-corrected chi connectivity index (χ3v) is 12.0. The van der Waals surface area contributed by atoms with E-state index >= 15 is 0 Å². The van der Waals surface area contributed by atoms with Crippen molar-refractivity contribution >= 4 is 17.1 Å². The van der Waals surface area contributed by atoms with Crippen LogP contribution >= 0.6 is 0 Å². The van der Waals surface area contributed by atoms with Gasteiger partial charge in [-0.25, -0.2) is 0 Å². The molecule has 0 unspecified atom stereocenters. The number of ether oxygens (including phenoxy) is 2. The Balaban J connectivity index is 1.15. The molecule has 11 rings (SSSR count). The smallest absolute Gasteiger partial charge is 0.134 e. The zero-order chi connectivity index (χ0) is 36.7. The summed E-state index contributed by atoms with van der Waals surface area (Å²) in [6.07, 6.45) is 0. The average molecular weight is 708 g/mol. The summed E-state index contributed by atoms with van der Waals surface area (Å²) < 4.78 is 13.6. The first-order chi connectivity index (χ1) is 27.0. The second-order valence-electron chi connectivity index (χ2n) is 15.3. The Morgan fingerprint density at radius 3 is 1.53 bits per heavy atom. The molecule has 0 aromatic heterocycles. The van der Waals surface area contributed by atoms with Crippen LogP contribution < -0.4 is 14.4 Å². The van der Waals surface area contributed by atoms with Crippen molar-refractivity contribution < 1.29 is 9.47 Å². The van der Waals surface area contributed by atoms with Crippen LogP contribution in [0.1, 0.15) is 47.2 Å². The molecule has 0 saturated heterocycles. The minimum atomic E-state index is -0.643. The molecule has 2 aliphatic heterocycles. The van der Waals surface area contributed by atoms with Gasteiger partial charge < -0.3 is 14.4 Å². The van der Waals surface area contributed by atoms with Crippen molar-refractivity contribution in [2.24, 2.45) is 0 Å². The van der Waals surface area contributed by atoms with Crippen LogP contribution in [0.3, 0.4) is 0 Å². The Morgan fingerprint density at radius 2 is 0.836 bits per heavy atom. The van der Waals surface area contributed by atoms with Gasteiger partial charge in [-0.15, -0.1) is 0 Å². The molecule has 3 aliphatic rings. The maximum atomic E-state index is 6.97. The van der Waals surface area contributed by atoms with Crippen molar-refractivity contribution in [2.45, 2.75) is 24.7 Å². The van der Waals surface area contributed by atoms with Gasteiger partial charge in [0.2, 0.25) is 0 Å². The average Bonchev–Trinajstić information content (AvgIpc) is 3.46.